The van der Waals surface area contributed by atoms with E-state index in [2.05, 4.69) is 15.3 Å². The van der Waals surface area contributed by atoms with E-state index in [1.165, 1.54) is 0 Å². The van der Waals surface area contributed by atoms with Crippen LogP contribution in [0, 0.1) is 0 Å². The van der Waals surface area contributed by atoms with Crippen molar-refractivity contribution in [3.63, 3.8) is 0 Å². The van der Waals surface area contributed by atoms with E-state index >= 15 is 0 Å². The number of rotatable bonds is 6. The highest BCUT2D eigenvalue weighted by atomic mass is 16.5. The van der Waals surface area contributed by atoms with Gasteiger partial charge in [-0.1, -0.05) is 6.07 Å². The van der Waals surface area contributed by atoms with E-state index in [0.29, 0.717) is 5.88 Å². The van der Waals surface area contributed by atoms with Crippen molar-refractivity contribution in [2.45, 2.75) is 13.0 Å². The number of imidazole rings is 1. The van der Waals surface area contributed by atoms with E-state index in [9.17, 15) is 0 Å². The normalized spacial score (nSPS) is 10.6. The third kappa shape index (κ3) is 3.30. The lowest BCUT2D eigenvalue weighted by atomic mass is 10.3. The molecule has 2 rings (SSSR count). The lowest BCUT2D eigenvalue weighted by Gasteiger charge is -2.05. The summed E-state index contributed by atoms with van der Waals surface area (Å²) in [5.41, 5.74) is 1.15. The molecule has 0 unspecified atom stereocenters. The van der Waals surface area contributed by atoms with Gasteiger partial charge < -0.3 is 14.6 Å². The summed E-state index contributed by atoms with van der Waals surface area (Å²) in [4.78, 5) is 8.44. The lowest BCUT2D eigenvalue weighted by molar-refractivity contribution is 0.397. The quantitative estimate of drug-likeness (QED) is 0.777. The SMILES string of the molecule is COc1ccc(CNCCc2nccn2C)cn1. The average Bonchev–Trinajstić information content (AvgIpc) is 2.81. The Hall–Kier alpha value is -1.88. The minimum atomic E-state index is 0.645. The molecule has 5 nitrogen and oxygen atoms in total. The van der Waals surface area contributed by atoms with Crippen molar-refractivity contribution in [1.29, 1.82) is 0 Å². The summed E-state index contributed by atoms with van der Waals surface area (Å²) in [6.07, 6.45) is 6.53. The van der Waals surface area contributed by atoms with Gasteiger partial charge in [0.1, 0.15) is 5.82 Å². The summed E-state index contributed by atoms with van der Waals surface area (Å²) in [6.45, 7) is 1.71. The molecule has 2 aromatic rings. The molecular formula is C13H18N4O. The van der Waals surface area contributed by atoms with Crippen LogP contribution in [0.5, 0.6) is 5.88 Å². The van der Waals surface area contributed by atoms with Crippen molar-refractivity contribution >= 4 is 0 Å². The van der Waals surface area contributed by atoms with Crippen molar-refractivity contribution < 1.29 is 4.74 Å². The molecule has 0 aliphatic heterocycles. The van der Waals surface area contributed by atoms with Crippen molar-refractivity contribution in [3.8, 4) is 5.88 Å². The molecule has 0 fully saturated rings. The second-order valence-corrected chi connectivity index (χ2v) is 4.09. The summed E-state index contributed by atoms with van der Waals surface area (Å²) in [5.74, 6) is 1.74. The lowest BCUT2D eigenvalue weighted by Crippen LogP contribution is -2.18. The van der Waals surface area contributed by atoms with Crippen LogP contribution in [0.1, 0.15) is 11.4 Å². The average molecular weight is 246 g/mol. The summed E-state index contributed by atoms with van der Waals surface area (Å²) in [5, 5.41) is 3.37. The highest BCUT2D eigenvalue weighted by Gasteiger charge is 1.99. The van der Waals surface area contributed by atoms with Crippen molar-refractivity contribution in [1.82, 2.24) is 19.9 Å². The van der Waals surface area contributed by atoms with Gasteiger partial charge in [-0.3, -0.25) is 0 Å². The molecule has 0 bridgehead atoms. The van der Waals surface area contributed by atoms with Crippen LogP contribution in [-0.4, -0.2) is 28.2 Å². The summed E-state index contributed by atoms with van der Waals surface area (Å²) in [7, 11) is 3.63. The maximum atomic E-state index is 5.01. The molecule has 2 aromatic heterocycles. The Kier molecular flexibility index (Phi) is 4.30. The predicted molar refractivity (Wildman–Crippen MR) is 69.4 cm³/mol. The highest BCUT2D eigenvalue weighted by Crippen LogP contribution is 2.06. The van der Waals surface area contributed by atoms with Crippen molar-refractivity contribution in [2.75, 3.05) is 13.7 Å². The molecule has 18 heavy (non-hydrogen) atoms. The molecule has 0 atom stereocenters. The maximum absolute atomic E-state index is 5.01. The Morgan fingerprint density at radius 3 is 2.83 bits per heavy atom. The van der Waals surface area contributed by atoms with Gasteiger partial charge in [-0.05, 0) is 5.56 Å². The van der Waals surface area contributed by atoms with Crippen LogP contribution in [0.15, 0.2) is 30.7 Å². The van der Waals surface area contributed by atoms with Gasteiger partial charge in [0.2, 0.25) is 5.88 Å². The second-order valence-electron chi connectivity index (χ2n) is 4.09. The van der Waals surface area contributed by atoms with E-state index in [1.807, 2.05) is 42.3 Å². The number of methoxy groups -OCH3 is 1. The fourth-order valence-corrected chi connectivity index (χ4v) is 1.71. The van der Waals surface area contributed by atoms with Crippen molar-refractivity contribution in [3.05, 3.63) is 42.1 Å². The minimum absolute atomic E-state index is 0.645. The van der Waals surface area contributed by atoms with Gasteiger partial charge in [0, 0.05) is 51.2 Å². The molecule has 0 aliphatic carbocycles. The topological polar surface area (TPSA) is 52.0 Å². The first-order valence-corrected chi connectivity index (χ1v) is 5.95. The molecular weight excluding hydrogens is 228 g/mol. The smallest absolute Gasteiger partial charge is 0.212 e. The third-order valence-electron chi connectivity index (χ3n) is 2.78. The number of nitrogens with zero attached hydrogens (tertiary/aromatic N) is 3. The molecule has 2 heterocycles. The first-order chi connectivity index (χ1) is 8.79. The van der Waals surface area contributed by atoms with Crippen LogP contribution in [0.4, 0.5) is 0 Å². The first kappa shape index (κ1) is 12.6. The molecule has 0 saturated carbocycles. The zero-order valence-electron chi connectivity index (χ0n) is 10.8. The van der Waals surface area contributed by atoms with Gasteiger partial charge in [-0.15, -0.1) is 0 Å². The molecule has 0 saturated heterocycles. The zero-order valence-corrected chi connectivity index (χ0v) is 10.8. The number of aryl methyl sites for hydroxylation is 1. The fraction of sp³-hybridized carbons (Fsp3) is 0.385. The van der Waals surface area contributed by atoms with Gasteiger partial charge >= 0.3 is 0 Å². The Labute approximate surface area is 107 Å². The largest absolute Gasteiger partial charge is 0.481 e. The van der Waals surface area contributed by atoms with Gasteiger partial charge in [0.15, 0.2) is 0 Å². The molecule has 0 radical (unpaired) electrons. The molecule has 0 aromatic carbocycles. The summed E-state index contributed by atoms with van der Waals surface area (Å²) >= 11 is 0. The van der Waals surface area contributed by atoms with Gasteiger partial charge in [0.25, 0.3) is 0 Å². The fourth-order valence-electron chi connectivity index (χ4n) is 1.71. The number of pyridine rings is 1. The monoisotopic (exact) mass is 246 g/mol. The van der Waals surface area contributed by atoms with E-state index in [1.54, 1.807) is 7.11 Å². The number of aromatic nitrogens is 3. The summed E-state index contributed by atoms with van der Waals surface area (Å²) in [6, 6.07) is 3.88. The van der Waals surface area contributed by atoms with E-state index in [-0.39, 0.29) is 0 Å². The van der Waals surface area contributed by atoms with Crippen LogP contribution in [-0.2, 0) is 20.0 Å². The van der Waals surface area contributed by atoms with E-state index in [4.69, 9.17) is 4.74 Å². The standard InChI is InChI=1S/C13H18N4O/c1-17-8-7-15-12(17)5-6-14-9-11-3-4-13(18-2)16-10-11/h3-4,7-8,10,14H,5-6,9H2,1-2H3. The Bertz CT molecular complexity index is 478. The second kappa shape index (κ2) is 6.16. The van der Waals surface area contributed by atoms with Crippen LogP contribution >= 0.6 is 0 Å². The predicted octanol–water partition coefficient (Wildman–Crippen LogP) is 1.16. The number of hydrogen-bond acceptors (Lipinski definition) is 4. The van der Waals surface area contributed by atoms with Crippen molar-refractivity contribution in [2.24, 2.45) is 7.05 Å². The maximum Gasteiger partial charge on any atom is 0.212 e. The number of nitrogens with one attached hydrogen (secondary N) is 1. The number of hydrogen-bond donors (Lipinski definition) is 1. The van der Waals surface area contributed by atoms with Crippen LogP contribution in [0.25, 0.3) is 0 Å². The van der Waals surface area contributed by atoms with Gasteiger partial charge in [-0.2, -0.15) is 0 Å². The molecule has 0 aliphatic rings. The van der Waals surface area contributed by atoms with E-state index < -0.39 is 0 Å². The number of ether oxygens (including phenoxy) is 1. The molecule has 5 heteroatoms. The Morgan fingerprint density at radius 1 is 1.33 bits per heavy atom. The highest BCUT2D eigenvalue weighted by molar-refractivity contribution is 5.17. The van der Waals surface area contributed by atoms with Gasteiger partial charge in [-0.25, -0.2) is 9.97 Å². The zero-order chi connectivity index (χ0) is 12.8. The molecule has 1 N–H and O–H groups in total. The molecule has 96 valence electrons. The Morgan fingerprint density at radius 2 is 2.22 bits per heavy atom. The van der Waals surface area contributed by atoms with Gasteiger partial charge in [0.05, 0.1) is 7.11 Å². The van der Waals surface area contributed by atoms with Crippen LogP contribution in [0.2, 0.25) is 0 Å². The minimum Gasteiger partial charge on any atom is -0.481 e. The van der Waals surface area contributed by atoms with E-state index in [0.717, 1.165) is 30.9 Å². The first-order valence-electron chi connectivity index (χ1n) is 5.95. The third-order valence-corrected chi connectivity index (χ3v) is 2.78. The van der Waals surface area contributed by atoms with Crippen LogP contribution in [0.3, 0.4) is 0 Å². The molecule has 0 spiro atoms. The van der Waals surface area contributed by atoms with Crippen LogP contribution < -0.4 is 10.1 Å². The Balaban J connectivity index is 1.73. The summed E-state index contributed by atoms with van der Waals surface area (Å²) < 4.78 is 7.05. The molecule has 0 amide bonds.